The molecule has 0 fully saturated rings. The highest BCUT2D eigenvalue weighted by Crippen LogP contribution is 2.37. The van der Waals surface area contributed by atoms with E-state index in [-0.39, 0.29) is 12.5 Å². The molecular formula is C23H25NO5S. The molecule has 0 spiro atoms. The standard InChI is InChI=1S/C23H25NO5S/c1-16-12-13-24(18-6-4-5-7-21(18)30-16)22(25)15-29-19-10-8-17(14-20(19)27-2)9-11-23(26)28-3/h4-11,14,16H,12-13,15H2,1-3H3. The number of anilines is 1. The molecule has 1 aliphatic heterocycles. The Morgan fingerprint density at radius 3 is 2.73 bits per heavy atom. The van der Waals surface area contributed by atoms with Gasteiger partial charge in [-0.2, -0.15) is 0 Å². The topological polar surface area (TPSA) is 65.1 Å². The molecule has 30 heavy (non-hydrogen) atoms. The Bertz CT molecular complexity index is 943. The maximum atomic E-state index is 13.0. The third-order valence-electron chi connectivity index (χ3n) is 4.70. The summed E-state index contributed by atoms with van der Waals surface area (Å²) in [5.74, 6) is 0.404. The minimum absolute atomic E-state index is 0.0961. The Morgan fingerprint density at radius 1 is 1.17 bits per heavy atom. The Kier molecular flexibility index (Phi) is 7.41. The number of hydrogen-bond donors (Lipinski definition) is 0. The molecule has 0 bridgehead atoms. The van der Waals surface area contributed by atoms with E-state index < -0.39 is 5.97 Å². The third-order valence-corrected chi connectivity index (χ3v) is 5.93. The highest BCUT2D eigenvalue weighted by molar-refractivity contribution is 8.00. The van der Waals surface area contributed by atoms with Crippen LogP contribution in [0.2, 0.25) is 0 Å². The molecule has 1 unspecified atom stereocenters. The maximum Gasteiger partial charge on any atom is 0.330 e. The summed E-state index contributed by atoms with van der Waals surface area (Å²) in [7, 11) is 2.85. The molecular weight excluding hydrogens is 402 g/mol. The number of hydrogen-bond acceptors (Lipinski definition) is 6. The summed E-state index contributed by atoms with van der Waals surface area (Å²) < 4.78 is 15.8. The molecule has 2 aromatic carbocycles. The number of benzene rings is 2. The number of thioether (sulfide) groups is 1. The van der Waals surface area contributed by atoms with Gasteiger partial charge in [0.05, 0.1) is 19.9 Å². The average Bonchev–Trinajstić information content (AvgIpc) is 2.94. The van der Waals surface area contributed by atoms with Crippen LogP contribution >= 0.6 is 11.8 Å². The van der Waals surface area contributed by atoms with E-state index in [1.807, 2.05) is 24.3 Å². The van der Waals surface area contributed by atoms with Gasteiger partial charge >= 0.3 is 5.97 Å². The van der Waals surface area contributed by atoms with Crippen LogP contribution < -0.4 is 14.4 Å². The highest BCUT2D eigenvalue weighted by Gasteiger charge is 2.24. The van der Waals surface area contributed by atoms with Gasteiger partial charge in [-0.25, -0.2) is 4.79 Å². The first-order valence-electron chi connectivity index (χ1n) is 9.64. The van der Waals surface area contributed by atoms with Crippen molar-refractivity contribution in [3.63, 3.8) is 0 Å². The molecule has 6 nitrogen and oxygen atoms in total. The summed E-state index contributed by atoms with van der Waals surface area (Å²) in [5.41, 5.74) is 1.68. The molecule has 1 amide bonds. The summed E-state index contributed by atoms with van der Waals surface area (Å²) in [6.45, 7) is 2.73. The van der Waals surface area contributed by atoms with Crippen molar-refractivity contribution in [2.75, 3.05) is 32.3 Å². The third kappa shape index (κ3) is 5.36. The molecule has 158 valence electrons. The number of rotatable bonds is 6. The molecule has 7 heteroatoms. The van der Waals surface area contributed by atoms with Crippen LogP contribution in [0.15, 0.2) is 53.4 Å². The lowest BCUT2D eigenvalue weighted by Crippen LogP contribution is -2.36. The van der Waals surface area contributed by atoms with E-state index in [4.69, 9.17) is 9.47 Å². The summed E-state index contributed by atoms with van der Waals surface area (Å²) in [4.78, 5) is 27.1. The summed E-state index contributed by atoms with van der Waals surface area (Å²) >= 11 is 1.79. The van der Waals surface area contributed by atoms with Crippen LogP contribution in [-0.2, 0) is 14.3 Å². The van der Waals surface area contributed by atoms with Gasteiger partial charge in [0.2, 0.25) is 0 Å². The second-order valence-electron chi connectivity index (χ2n) is 6.79. The fourth-order valence-electron chi connectivity index (χ4n) is 3.10. The van der Waals surface area contributed by atoms with Crippen LogP contribution in [0.5, 0.6) is 11.5 Å². The largest absolute Gasteiger partial charge is 0.493 e. The van der Waals surface area contributed by atoms with Crippen LogP contribution in [0, 0.1) is 0 Å². The number of esters is 1. The first-order chi connectivity index (χ1) is 14.5. The summed E-state index contributed by atoms with van der Waals surface area (Å²) in [6.07, 6.45) is 3.86. The number of fused-ring (bicyclic) bond motifs is 1. The van der Waals surface area contributed by atoms with E-state index >= 15 is 0 Å². The van der Waals surface area contributed by atoms with E-state index in [1.54, 1.807) is 40.9 Å². The van der Waals surface area contributed by atoms with Gasteiger partial charge in [0.15, 0.2) is 18.1 Å². The van der Waals surface area contributed by atoms with Crippen LogP contribution in [0.4, 0.5) is 5.69 Å². The molecule has 0 N–H and O–H groups in total. The number of ether oxygens (including phenoxy) is 3. The second kappa shape index (κ2) is 10.2. The quantitative estimate of drug-likeness (QED) is 0.509. The molecule has 0 aromatic heterocycles. The van der Waals surface area contributed by atoms with Crippen molar-refractivity contribution in [2.45, 2.75) is 23.5 Å². The molecule has 3 rings (SSSR count). The number of methoxy groups -OCH3 is 2. The minimum Gasteiger partial charge on any atom is -0.493 e. The SMILES string of the molecule is COC(=O)C=Cc1ccc(OCC(=O)N2CCC(C)Sc3ccccc32)c(OC)c1. The lowest BCUT2D eigenvalue weighted by Gasteiger charge is -2.23. The number of carbonyl (C=O) groups is 2. The molecule has 1 atom stereocenters. The first kappa shape index (κ1) is 21.8. The number of carbonyl (C=O) groups excluding carboxylic acids is 2. The van der Waals surface area contributed by atoms with Gasteiger partial charge in [0.25, 0.3) is 5.91 Å². The fourth-order valence-corrected chi connectivity index (χ4v) is 4.22. The van der Waals surface area contributed by atoms with Gasteiger partial charge < -0.3 is 19.1 Å². The van der Waals surface area contributed by atoms with Crippen molar-refractivity contribution in [3.8, 4) is 11.5 Å². The van der Waals surface area contributed by atoms with Crippen LogP contribution in [0.1, 0.15) is 18.9 Å². The predicted molar refractivity (Wildman–Crippen MR) is 118 cm³/mol. The fraction of sp³-hybridized carbons (Fsp3) is 0.304. The van der Waals surface area contributed by atoms with Gasteiger partial charge in [0, 0.05) is 22.8 Å². The van der Waals surface area contributed by atoms with Gasteiger partial charge in [-0.3, -0.25) is 4.79 Å². The van der Waals surface area contributed by atoms with Crippen LogP contribution in [-0.4, -0.2) is 44.5 Å². The van der Waals surface area contributed by atoms with E-state index in [0.29, 0.717) is 23.3 Å². The highest BCUT2D eigenvalue weighted by atomic mass is 32.2. The smallest absolute Gasteiger partial charge is 0.330 e. The van der Waals surface area contributed by atoms with Crippen LogP contribution in [0.25, 0.3) is 6.08 Å². The van der Waals surface area contributed by atoms with E-state index in [9.17, 15) is 9.59 Å². The molecule has 0 saturated carbocycles. The average molecular weight is 428 g/mol. The molecule has 2 aromatic rings. The molecule has 1 aliphatic rings. The lowest BCUT2D eigenvalue weighted by atomic mass is 10.2. The zero-order valence-electron chi connectivity index (χ0n) is 17.3. The number of amides is 1. The predicted octanol–water partition coefficient (Wildman–Crippen LogP) is 4.18. The monoisotopic (exact) mass is 427 g/mol. The van der Waals surface area contributed by atoms with Crippen molar-refractivity contribution >= 4 is 35.4 Å². The Morgan fingerprint density at radius 2 is 1.97 bits per heavy atom. The van der Waals surface area contributed by atoms with E-state index in [0.717, 1.165) is 22.6 Å². The Balaban J connectivity index is 1.71. The van der Waals surface area contributed by atoms with Gasteiger partial charge in [-0.1, -0.05) is 25.1 Å². The van der Waals surface area contributed by atoms with Crippen molar-refractivity contribution in [1.29, 1.82) is 0 Å². The maximum absolute atomic E-state index is 13.0. The van der Waals surface area contributed by atoms with E-state index in [1.165, 1.54) is 20.3 Å². The van der Waals surface area contributed by atoms with Gasteiger partial charge in [0.1, 0.15) is 0 Å². The van der Waals surface area contributed by atoms with Gasteiger partial charge in [-0.15, -0.1) is 11.8 Å². The van der Waals surface area contributed by atoms with Crippen molar-refractivity contribution in [2.24, 2.45) is 0 Å². The molecule has 1 heterocycles. The minimum atomic E-state index is -0.440. The summed E-state index contributed by atoms with van der Waals surface area (Å²) in [6, 6.07) is 13.2. The number of nitrogens with zero attached hydrogens (tertiary/aromatic N) is 1. The van der Waals surface area contributed by atoms with Crippen molar-refractivity contribution in [3.05, 3.63) is 54.1 Å². The second-order valence-corrected chi connectivity index (χ2v) is 8.27. The lowest BCUT2D eigenvalue weighted by molar-refractivity contribution is -0.134. The van der Waals surface area contributed by atoms with Gasteiger partial charge in [-0.05, 0) is 42.3 Å². The zero-order valence-corrected chi connectivity index (χ0v) is 18.1. The Hall–Kier alpha value is -2.93. The number of para-hydroxylation sites is 1. The summed E-state index contributed by atoms with van der Waals surface area (Å²) in [5, 5.41) is 0.440. The van der Waals surface area contributed by atoms with Crippen molar-refractivity contribution < 1.29 is 23.8 Å². The first-order valence-corrected chi connectivity index (χ1v) is 10.5. The molecule has 0 radical (unpaired) electrons. The van der Waals surface area contributed by atoms with E-state index in [2.05, 4.69) is 11.7 Å². The molecule has 0 saturated heterocycles. The normalized spacial score (nSPS) is 16.0. The molecule has 0 aliphatic carbocycles. The Labute approximate surface area is 180 Å². The van der Waals surface area contributed by atoms with Crippen LogP contribution in [0.3, 0.4) is 0 Å². The van der Waals surface area contributed by atoms with Crippen molar-refractivity contribution in [1.82, 2.24) is 0 Å². The zero-order chi connectivity index (χ0) is 21.5.